The van der Waals surface area contributed by atoms with Crippen LogP contribution in [0, 0.1) is 0 Å². The van der Waals surface area contributed by atoms with E-state index in [4.69, 9.17) is 0 Å². The summed E-state index contributed by atoms with van der Waals surface area (Å²) in [6.07, 6.45) is 0. The molecule has 0 spiro atoms. The van der Waals surface area contributed by atoms with E-state index in [1.165, 1.54) is 0 Å². The predicted molar refractivity (Wildman–Crippen MR) is 16.8 cm³/mol. The monoisotopic (exact) mass is 145 g/mol. The van der Waals surface area contributed by atoms with Crippen LogP contribution in [-0.2, 0) is 0 Å². The summed E-state index contributed by atoms with van der Waals surface area (Å²) in [6.45, 7) is 0. The van der Waals surface area contributed by atoms with Gasteiger partial charge in [-0.15, -0.1) is 0 Å². The second-order valence-corrected chi connectivity index (χ2v) is 0.354. The Morgan fingerprint density at radius 2 is 1.75 bits per heavy atom. The van der Waals surface area contributed by atoms with E-state index in [0.717, 1.165) is 0 Å². The largest absolute Gasteiger partial charge is 1.00 e. The summed E-state index contributed by atoms with van der Waals surface area (Å²) in [7, 11) is 0. The van der Waals surface area contributed by atoms with Crippen LogP contribution in [0.5, 0.6) is 0 Å². The molecule has 0 fully saturated rings. The number of hydrogen-bond donors (Lipinski definition) is 1. The van der Waals surface area contributed by atoms with Gasteiger partial charge in [0.25, 0.3) is 0 Å². The van der Waals surface area contributed by atoms with E-state index < -0.39 is 0 Å². The molecule has 3 heteroatoms. The molecule has 0 aliphatic rings. The van der Waals surface area contributed by atoms with Crippen molar-refractivity contribution in [1.29, 1.82) is 0 Å². The minimum absolute atomic E-state index is 0. The maximum absolute atomic E-state index is 4.41. The third-order valence-corrected chi connectivity index (χ3v) is 0. The average Bonchev–Trinajstić information content (AvgIpc) is 0.918. The SMILES string of the molecule is N[C-]=S.[Rb+]. The van der Waals surface area contributed by atoms with Gasteiger partial charge in [0.2, 0.25) is 0 Å². The van der Waals surface area contributed by atoms with Crippen LogP contribution in [-0.4, -0.2) is 5.49 Å². The molecule has 18 valence electrons. The van der Waals surface area contributed by atoms with Crippen LogP contribution < -0.4 is 63.9 Å². The molecule has 0 aromatic carbocycles. The molecule has 0 unspecified atom stereocenters. The Bertz CT molecular complexity index is 15.5. The zero-order valence-corrected chi connectivity index (χ0v) is 8.22. The fraction of sp³-hybridized carbons (Fsp3) is 0. The van der Waals surface area contributed by atoms with Gasteiger partial charge in [0, 0.05) is 0 Å². The molecule has 1 nitrogen and oxygen atoms in total. The van der Waals surface area contributed by atoms with Crippen molar-refractivity contribution in [2.24, 2.45) is 5.73 Å². The molecule has 0 amide bonds. The van der Waals surface area contributed by atoms with E-state index in [-0.39, 0.29) is 58.2 Å². The fourth-order valence-corrected chi connectivity index (χ4v) is 0. The van der Waals surface area contributed by atoms with Gasteiger partial charge in [-0.25, -0.2) is 0 Å². The molecule has 0 aromatic rings. The van der Waals surface area contributed by atoms with Gasteiger partial charge in [0.1, 0.15) is 0 Å². The summed E-state index contributed by atoms with van der Waals surface area (Å²) in [6, 6.07) is 0. The van der Waals surface area contributed by atoms with Crippen LogP contribution in [0.1, 0.15) is 0 Å². The minimum Gasteiger partial charge on any atom is -0.570 e. The van der Waals surface area contributed by atoms with Gasteiger partial charge < -0.3 is 23.4 Å². The molecule has 0 bridgehead atoms. The summed E-state index contributed by atoms with van der Waals surface area (Å²) in [5.41, 5.74) is 6.25. The van der Waals surface area contributed by atoms with Gasteiger partial charge in [-0.2, -0.15) is 0 Å². The maximum Gasteiger partial charge on any atom is 1.00 e. The van der Waals surface area contributed by atoms with E-state index in [0.29, 0.717) is 0 Å². The first kappa shape index (κ1) is 9.19. The minimum atomic E-state index is 0. The van der Waals surface area contributed by atoms with Crippen molar-refractivity contribution in [3.63, 3.8) is 0 Å². The Morgan fingerprint density at radius 3 is 1.75 bits per heavy atom. The molecular formula is CH2NRbS. The predicted octanol–water partition coefficient (Wildman–Crippen LogP) is -3.22. The molecule has 0 rings (SSSR count). The Labute approximate surface area is 79.7 Å². The molecular weight excluding hydrogens is 144 g/mol. The molecule has 0 saturated heterocycles. The number of nitrogens with two attached hydrogens (primary N) is 1. The molecule has 0 radical (unpaired) electrons. The van der Waals surface area contributed by atoms with E-state index in [1.54, 1.807) is 0 Å². The van der Waals surface area contributed by atoms with Crippen molar-refractivity contribution >= 4 is 17.7 Å². The number of hydrogen-bond acceptors (Lipinski definition) is 1. The van der Waals surface area contributed by atoms with Crippen LogP contribution in [0.3, 0.4) is 0 Å². The third-order valence-electron chi connectivity index (χ3n) is 0. The smallest absolute Gasteiger partial charge is 0.570 e. The molecule has 0 atom stereocenters. The van der Waals surface area contributed by atoms with Crippen LogP contribution in [0.4, 0.5) is 0 Å². The molecule has 0 heterocycles. The fourth-order valence-electron chi connectivity index (χ4n) is 0. The summed E-state index contributed by atoms with van der Waals surface area (Å²) in [5, 5.41) is 0. The second kappa shape index (κ2) is 8.83. The summed E-state index contributed by atoms with van der Waals surface area (Å²) in [5.74, 6) is 0. The molecule has 4 heavy (non-hydrogen) atoms. The first-order valence-electron chi connectivity index (χ1n) is 0.493. The van der Waals surface area contributed by atoms with Gasteiger partial charge in [0.15, 0.2) is 0 Å². The molecule has 0 saturated carbocycles. The van der Waals surface area contributed by atoms with Crippen LogP contribution in [0.2, 0.25) is 0 Å². The van der Waals surface area contributed by atoms with Gasteiger partial charge in [-0.1, -0.05) is 0 Å². The Balaban J connectivity index is 0. The zero-order chi connectivity index (χ0) is 2.71. The summed E-state index contributed by atoms with van der Waals surface area (Å²) >= 11 is 3.92. The van der Waals surface area contributed by atoms with Crippen LogP contribution in [0.25, 0.3) is 0 Å². The third kappa shape index (κ3) is 9.34. The molecule has 2 N–H and O–H groups in total. The first-order valence-corrected chi connectivity index (χ1v) is 0.901. The van der Waals surface area contributed by atoms with Crippen LogP contribution >= 0.6 is 12.2 Å². The van der Waals surface area contributed by atoms with Gasteiger partial charge in [-0.05, 0) is 0 Å². The van der Waals surface area contributed by atoms with E-state index in [2.05, 4.69) is 18.0 Å². The first-order chi connectivity index (χ1) is 1.41. The van der Waals surface area contributed by atoms with Crippen molar-refractivity contribution in [3.8, 4) is 0 Å². The zero-order valence-electron chi connectivity index (χ0n) is 2.49. The van der Waals surface area contributed by atoms with Gasteiger partial charge in [-0.3, -0.25) is 0 Å². The van der Waals surface area contributed by atoms with Crippen molar-refractivity contribution in [2.45, 2.75) is 0 Å². The topological polar surface area (TPSA) is 26.0 Å². The Kier molecular flexibility index (Phi) is 20.3. The normalized spacial score (nSPS) is 3.00. The van der Waals surface area contributed by atoms with E-state index >= 15 is 0 Å². The van der Waals surface area contributed by atoms with E-state index in [1.807, 2.05) is 5.49 Å². The summed E-state index contributed by atoms with van der Waals surface area (Å²) < 4.78 is 0. The molecule has 0 aliphatic carbocycles. The van der Waals surface area contributed by atoms with Crippen molar-refractivity contribution < 1.29 is 58.2 Å². The van der Waals surface area contributed by atoms with Crippen LogP contribution in [0.15, 0.2) is 0 Å². The van der Waals surface area contributed by atoms with Crippen molar-refractivity contribution in [3.05, 3.63) is 0 Å². The second-order valence-electron chi connectivity index (χ2n) is 0.118. The molecule has 0 aromatic heterocycles. The standard InChI is InChI=1S/CH2NS.Rb/c2-1-3;/h(H2,2,3);/q-1;+1. The van der Waals surface area contributed by atoms with Crippen molar-refractivity contribution in [2.75, 3.05) is 0 Å². The average molecular weight is 146 g/mol. The Hall–Kier alpha value is 1.70. The van der Waals surface area contributed by atoms with E-state index in [9.17, 15) is 0 Å². The van der Waals surface area contributed by atoms with Crippen molar-refractivity contribution in [1.82, 2.24) is 0 Å². The maximum atomic E-state index is 4.41. The summed E-state index contributed by atoms with van der Waals surface area (Å²) in [4.78, 5) is 0. The molecule has 0 aliphatic heterocycles. The van der Waals surface area contributed by atoms with Gasteiger partial charge in [0.05, 0.1) is 0 Å². The van der Waals surface area contributed by atoms with Gasteiger partial charge >= 0.3 is 58.2 Å². The Morgan fingerprint density at radius 1 is 1.75 bits per heavy atom. The number of thiocarbonyl (C=S) groups is 1. The number of rotatable bonds is 0. The quantitative estimate of drug-likeness (QED) is 0.221.